The molecule has 2 rings (SSSR count). The van der Waals surface area contributed by atoms with Crippen LogP contribution in [0.1, 0.15) is 0 Å². The second-order valence-corrected chi connectivity index (χ2v) is 3.32. The van der Waals surface area contributed by atoms with Gasteiger partial charge in [-0.05, 0) is 18.2 Å². The van der Waals surface area contributed by atoms with E-state index in [1.165, 1.54) is 6.20 Å². The van der Waals surface area contributed by atoms with Crippen molar-refractivity contribution in [3.05, 3.63) is 29.4 Å². The van der Waals surface area contributed by atoms with Gasteiger partial charge in [0.25, 0.3) is 6.01 Å². The summed E-state index contributed by atoms with van der Waals surface area (Å²) in [4.78, 5) is 3.80. The number of nitrogens with zero attached hydrogens (tertiary/aromatic N) is 1. The lowest BCUT2D eigenvalue weighted by atomic mass is 10.2. The maximum atomic E-state index is 6.04. The van der Waals surface area contributed by atoms with Crippen molar-refractivity contribution in [2.24, 2.45) is 0 Å². The predicted molar refractivity (Wildman–Crippen MR) is 57.9 cm³/mol. The van der Waals surface area contributed by atoms with Crippen molar-refractivity contribution in [1.82, 2.24) is 4.98 Å². The number of oxazole rings is 1. The summed E-state index contributed by atoms with van der Waals surface area (Å²) in [7, 11) is 1.58. The Morgan fingerprint density at radius 1 is 1.47 bits per heavy atom. The van der Waals surface area contributed by atoms with Gasteiger partial charge in [-0.2, -0.15) is 0 Å². The van der Waals surface area contributed by atoms with Gasteiger partial charge in [-0.1, -0.05) is 11.6 Å². The Balaban J connectivity index is 2.45. The van der Waals surface area contributed by atoms with Crippen molar-refractivity contribution in [2.75, 3.05) is 12.8 Å². The number of hydrogen-bond donors (Lipinski definition) is 1. The third-order valence-electron chi connectivity index (χ3n) is 1.97. The number of ether oxygens (including phenoxy) is 1. The van der Waals surface area contributed by atoms with Crippen LogP contribution in [0.15, 0.2) is 28.8 Å². The zero-order chi connectivity index (χ0) is 10.8. The summed E-state index contributed by atoms with van der Waals surface area (Å²) in [5.74, 6) is 1.23. The zero-order valence-corrected chi connectivity index (χ0v) is 8.78. The molecule has 0 amide bonds. The van der Waals surface area contributed by atoms with Crippen molar-refractivity contribution in [3.8, 4) is 17.1 Å². The number of hydrogen-bond acceptors (Lipinski definition) is 4. The first-order valence-corrected chi connectivity index (χ1v) is 4.63. The van der Waals surface area contributed by atoms with Crippen LogP contribution in [0.25, 0.3) is 11.3 Å². The number of methoxy groups -OCH3 is 1. The van der Waals surface area contributed by atoms with Crippen molar-refractivity contribution in [1.29, 1.82) is 0 Å². The minimum atomic E-state index is 0.122. The molecule has 1 aromatic heterocycles. The van der Waals surface area contributed by atoms with E-state index in [-0.39, 0.29) is 6.01 Å². The number of benzene rings is 1. The summed E-state index contributed by atoms with van der Waals surface area (Å²) in [6.07, 6.45) is 1.53. The second-order valence-electron chi connectivity index (χ2n) is 2.91. The summed E-state index contributed by atoms with van der Waals surface area (Å²) >= 11 is 6.04. The van der Waals surface area contributed by atoms with Gasteiger partial charge >= 0.3 is 0 Å². The minimum Gasteiger partial charge on any atom is -0.497 e. The molecule has 78 valence electrons. The van der Waals surface area contributed by atoms with Crippen LogP contribution in [0.5, 0.6) is 5.75 Å². The highest BCUT2D eigenvalue weighted by atomic mass is 35.5. The molecule has 0 unspecified atom stereocenters. The number of halogens is 1. The molecule has 0 saturated heterocycles. The fourth-order valence-corrected chi connectivity index (χ4v) is 1.50. The lowest BCUT2D eigenvalue weighted by Gasteiger charge is -2.03. The molecule has 0 spiro atoms. The summed E-state index contributed by atoms with van der Waals surface area (Å²) in [6.45, 7) is 0. The molecule has 0 saturated carbocycles. The smallest absolute Gasteiger partial charge is 0.292 e. The number of nitrogens with two attached hydrogens (primary N) is 1. The van der Waals surface area contributed by atoms with E-state index < -0.39 is 0 Å². The van der Waals surface area contributed by atoms with Gasteiger partial charge in [0, 0.05) is 5.56 Å². The summed E-state index contributed by atoms with van der Waals surface area (Å²) < 4.78 is 10.2. The third-order valence-corrected chi connectivity index (χ3v) is 2.28. The summed E-state index contributed by atoms with van der Waals surface area (Å²) in [6, 6.07) is 5.41. The molecule has 4 nitrogen and oxygen atoms in total. The van der Waals surface area contributed by atoms with Crippen LogP contribution in [-0.2, 0) is 0 Å². The molecule has 15 heavy (non-hydrogen) atoms. The van der Waals surface area contributed by atoms with Gasteiger partial charge in [-0.15, -0.1) is 0 Å². The average Bonchev–Trinajstić information content (AvgIpc) is 2.64. The Hall–Kier alpha value is -1.68. The van der Waals surface area contributed by atoms with E-state index in [9.17, 15) is 0 Å². The fraction of sp³-hybridized carbons (Fsp3) is 0.100. The maximum Gasteiger partial charge on any atom is 0.292 e. The molecule has 0 atom stereocenters. The molecule has 5 heteroatoms. The number of anilines is 1. The Morgan fingerprint density at radius 2 is 2.27 bits per heavy atom. The van der Waals surface area contributed by atoms with Crippen molar-refractivity contribution in [3.63, 3.8) is 0 Å². The quantitative estimate of drug-likeness (QED) is 0.852. The van der Waals surface area contributed by atoms with E-state index in [2.05, 4.69) is 4.98 Å². The van der Waals surface area contributed by atoms with E-state index in [1.54, 1.807) is 25.3 Å². The monoisotopic (exact) mass is 224 g/mol. The standard InChI is InChI=1S/C10H9ClN2O2/c1-14-6-2-3-7(8(11)4-6)9-5-13-10(12)15-9/h2-5H,1H3,(H2,12,13). The predicted octanol–water partition coefficient (Wildman–Crippen LogP) is 2.59. The molecule has 0 radical (unpaired) electrons. The van der Waals surface area contributed by atoms with Crippen LogP contribution in [0, 0.1) is 0 Å². The van der Waals surface area contributed by atoms with Crippen LogP contribution in [0.2, 0.25) is 5.02 Å². The van der Waals surface area contributed by atoms with Gasteiger partial charge < -0.3 is 14.9 Å². The van der Waals surface area contributed by atoms with Crippen molar-refractivity contribution >= 4 is 17.6 Å². The zero-order valence-electron chi connectivity index (χ0n) is 8.03. The molecule has 1 aromatic carbocycles. The topological polar surface area (TPSA) is 61.3 Å². The first-order chi connectivity index (χ1) is 7.20. The Morgan fingerprint density at radius 3 is 2.80 bits per heavy atom. The molecular weight excluding hydrogens is 216 g/mol. The first-order valence-electron chi connectivity index (χ1n) is 4.26. The van der Waals surface area contributed by atoms with Gasteiger partial charge in [0.1, 0.15) is 5.75 Å². The highest BCUT2D eigenvalue weighted by Crippen LogP contribution is 2.31. The SMILES string of the molecule is COc1ccc(-c2cnc(N)o2)c(Cl)c1. The van der Waals surface area contributed by atoms with Crippen molar-refractivity contribution in [2.45, 2.75) is 0 Å². The fourth-order valence-electron chi connectivity index (χ4n) is 1.23. The Labute approximate surface area is 91.6 Å². The molecule has 2 aromatic rings. The molecule has 0 bridgehead atoms. The van der Waals surface area contributed by atoms with Crippen LogP contribution < -0.4 is 10.5 Å². The van der Waals surface area contributed by atoms with Crippen LogP contribution in [0.3, 0.4) is 0 Å². The van der Waals surface area contributed by atoms with E-state index >= 15 is 0 Å². The van der Waals surface area contributed by atoms with Gasteiger partial charge in [-0.25, -0.2) is 4.98 Å². The first kappa shape index (κ1) is 9.86. The third kappa shape index (κ3) is 1.89. The van der Waals surface area contributed by atoms with Crippen LogP contribution in [-0.4, -0.2) is 12.1 Å². The summed E-state index contributed by atoms with van der Waals surface area (Å²) in [5, 5.41) is 0.533. The lowest BCUT2D eigenvalue weighted by Crippen LogP contribution is -1.83. The largest absolute Gasteiger partial charge is 0.497 e. The summed E-state index contributed by atoms with van der Waals surface area (Å²) in [5.41, 5.74) is 6.11. The van der Waals surface area contributed by atoms with Crippen molar-refractivity contribution < 1.29 is 9.15 Å². The van der Waals surface area contributed by atoms with Crippen LogP contribution in [0.4, 0.5) is 6.01 Å². The highest BCUT2D eigenvalue weighted by molar-refractivity contribution is 6.33. The lowest BCUT2D eigenvalue weighted by molar-refractivity contribution is 0.415. The second kappa shape index (κ2) is 3.82. The van der Waals surface area contributed by atoms with E-state index in [0.717, 1.165) is 5.56 Å². The molecule has 1 heterocycles. The van der Waals surface area contributed by atoms with Gasteiger partial charge in [-0.3, -0.25) is 0 Å². The molecule has 0 aliphatic heterocycles. The van der Waals surface area contributed by atoms with E-state index in [0.29, 0.717) is 16.5 Å². The van der Waals surface area contributed by atoms with Gasteiger partial charge in [0.15, 0.2) is 5.76 Å². The number of rotatable bonds is 2. The van der Waals surface area contributed by atoms with Gasteiger partial charge in [0.2, 0.25) is 0 Å². The molecule has 2 N–H and O–H groups in total. The average molecular weight is 225 g/mol. The number of aromatic nitrogens is 1. The Bertz CT molecular complexity index is 482. The van der Waals surface area contributed by atoms with Crippen LogP contribution >= 0.6 is 11.6 Å². The van der Waals surface area contributed by atoms with Gasteiger partial charge in [0.05, 0.1) is 18.3 Å². The normalized spacial score (nSPS) is 10.3. The maximum absolute atomic E-state index is 6.04. The molecular formula is C10H9ClN2O2. The minimum absolute atomic E-state index is 0.122. The molecule has 0 fully saturated rings. The highest BCUT2D eigenvalue weighted by Gasteiger charge is 2.09. The Kier molecular flexibility index (Phi) is 2.51. The number of nitrogen functional groups attached to an aromatic ring is 1. The van der Waals surface area contributed by atoms with E-state index in [4.69, 9.17) is 26.5 Å². The van der Waals surface area contributed by atoms with E-state index in [1.807, 2.05) is 0 Å². The molecule has 0 aliphatic carbocycles. The molecule has 0 aliphatic rings.